The largest absolute Gasteiger partial charge is 0.507 e. The van der Waals surface area contributed by atoms with Gasteiger partial charge in [-0.25, -0.2) is 0 Å². The summed E-state index contributed by atoms with van der Waals surface area (Å²) in [5.74, 6) is -4.11. The zero-order valence-electron chi connectivity index (χ0n) is 25.8. The van der Waals surface area contributed by atoms with Gasteiger partial charge >= 0.3 is 0 Å². The monoisotopic (exact) mass is 639 g/mol. The second-order valence-corrected chi connectivity index (χ2v) is 12.6. The van der Waals surface area contributed by atoms with Crippen LogP contribution in [0.2, 0.25) is 0 Å². The van der Waals surface area contributed by atoms with Crippen LogP contribution >= 0.6 is 0 Å². The zero-order valence-corrected chi connectivity index (χ0v) is 25.8. The normalized spacial score (nSPS) is 32.8. The molecule has 4 aliphatic rings. The summed E-state index contributed by atoms with van der Waals surface area (Å²) in [5, 5.41) is 54.9. The quantitative estimate of drug-likeness (QED) is 0.256. The van der Waals surface area contributed by atoms with Crippen LogP contribution in [0.1, 0.15) is 96.0 Å². The van der Waals surface area contributed by atoms with Crippen LogP contribution in [0.25, 0.3) is 0 Å². The van der Waals surface area contributed by atoms with Crippen molar-refractivity contribution in [3.63, 3.8) is 0 Å². The van der Waals surface area contributed by atoms with Gasteiger partial charge in [0.15, 0.2) is 24.1 Å². The number of fused-ring (bicyclic) bond motifs is 4. The number of ether oxygens (including phenoxy) is 4. The number of Topliss-reactive ketones (excluding diaryl/α,β-unsaturated/α-hetero) is 1. The number of benzene rings is 2. The van der Waals surface area contributed by atoms with Gasteiger partial charge in [0.25, 0.3) is 0 Å². The maximum atomic E-state index is 13.6. The standard InChI is InChI=1S/C33H37NO12/c1-13(35)8-22-43-14(2)12-34-19-9-23(44-15(3)32(19)46-22)45-21-11-33(42,16(4)36)10-18-25(21)31(41)27-26(29(18)39)28(38)17-6-5-7-20(37)24(17)30(27)40/h5-7,12-15,19,21-23,32,35,37,39,41-42H,8-11H2,1-4H3/t13?,14?,15-,19-,21?,22?,23-,32+,33?/m0/s1. The molecular weight excluding hydrogens is 602 g/mol. The van der Waals surface area contributed by atoms with E-state index in [2.05, 4.69) is 4.99 Å². The van der Waals surface area contributed by atoms with Crippen molar-refractivity contribution in [2.75, 3.05) is 0 Å². The first-order chi connectivity index (χ1) is 21.7. The van der Waals surface area contributed by atoms with E-state index in [1.165, 1.54) is 25.1 Å². The third-order valence-corrected chi connectivity index (χ3v) is 9.18. The molecule has 46 heavy (non-hydrogen) atoms. The molecule has 2 aromatic carbocycles. The van der Waals surface area contributed by atoms with Crippen LogP contribution in [-0.4, -0.2) is 97.7 Å². The number of aliphatic hydroxyl groups excluding tert-OH is 1. The zero-order chi connectivity index (χ0) is 33.2. The third-order valence-electron chi connectivity index (χ3n) is 9.18. The highest BCUT2D eigenvalue weighted by atomic mass is 16.7. The Balaban J connectivity index is 1.39. The molecule has 0 radical (unpaired) electrons. The van der Waals surface area contributed by atoms with Gasteiger partial charge < -0.3 is 44.5 Å². The highest BCUT2D eigenvalue weighted by Crippen LogP contribution is 2.52. The van der Waals surface area contributed by atoms with E-state index in [0.29, 0.717) is 0 Å². The lowest BCUT2D eigenvalue weighted by molar-refractivity contribution is -0.283. The van der Waals surface area contributed by atoms with Gasteiger partial charge in [-0.2, -0.15) is 0 Å². The Hall–Kier alpha value is -3.72. The number of aliphatic hydroxyl groups is 2. The summed E-state index contributed by atoms with van der Waals surface area (Å²) in [5.41, 5.74) is -3.69. The number of nitrogens with zero attached hydrogens (tertiary/aromatic N) is 1. The van der Waals surface area contributed by atoms with Gasteiger partial charge in [0.2, 0.25) is 5.78 Å². The van der Waals surface area contributed by atoms with Crippen molar-refractivity contribution in [3.05, 3.63) is 51.6 Å². The molecule has 2 aliphatic heterocycles. The fraction of sp³-hybridized carbons (Fsp3) is 0.515. The number of aromatic hydroxyl groups is 3. The van der Waals surface area contributed by atoms with Crippen molar-refractivity contribution in [1.82, 2.24) is 0 Å². The summed E-state index contributed by atoms with van der Waals surface area (Å²) >= 11 is 0. The number of ketones is 3. The molecule has 0 amide bonds. The summed E-state index contributed by atoms with van der Waals surface area (Å²) in [7, 11) is 0. The summed E-state index contributed by atoms with van der Waals surface area (Å²) < 4.78 is 24.5. The number of carbonyl (C=O) groups is 3. The lowest BCUT2D eigenvalue weighted by Gasteiger charge is -2.44. The number of phenols is 3. The number of hydrogen-bond acceptors (Lipinski definition) is 13. The predicted molar refractivity (Wildman–Crippen MR) is 159 cm³/mol. The highest BCUT2D eigenvalue weighted by molar-refractivity contribution is 6.31. The molecule has 0 spiro atoms. The first-order valence-electron chi connectivity index (χ1n) is 15.3. The van der Waals surface area contributed by atoms with Gasteiger partial charge in [-0.05, 0) is 33.8 Å². The van der Waals surface area contributed by atoms with Crippen LogP contribution in [-0.2, 0) is 30.2 Å². The molecule has 5 unspecified atom stereocenters. The molecular formula is C33H37NO12. The minimum absolute atomic E-state index is 0.0722. The van der Waals surface area contributed by atoms with E-state index in [9.17, 15) is 39.9 Å². The van der Waals surface area contributed by atoms with Crippen LogP contribution in [0.15, 0.2) is 23.2 Å². The second kappa shape index (κ2) is 11.8. The topological polar surface area (TPSA) is 202 Å². The molecule has 9 atom stereocenters. The fourth-order valence-electron chi connectivity index (χ4n) is 6.88. The highest BCUT2D eigenvalue weighted by Gasteiger charge is 2.50. The molecule has 2 aromatic rings. The summed E-state index contributed by atoms with van der Waals surface area (Å²) in [6.45, 7) is 6.36. The van der Waals surface area contributed by atoms with Gasteiger partial charge in [-0.3, -0.25) is 19.4 Å². The Morgan fingerprint density at radius 1 is 1.07 bits per heavy atom. The van der Waals surface area contributed by atoms with E-state index in [1.54, 1.807) is 27.0 Å². The third kappa shape index (κ3) is 5.40. The lowest BCUT2D eigenvalue weighted by atomic mass is 9.72. The smallest absolute Gasteiger partial charge is 0.202 e. The van der Waals surface area contributed by atoms with Crippen molar-refractivity contribution in [1.29, 1.82) is 0 Å². The first-order valence-corrected chi connectivity index (χ1v) is 15.3. The Bertz CT molecular complexity index is 1630. The van der Waals surface area contributed by atoms with E-state index >= 15 is 0 Å². The molecule has 246 valence electrons. The SMILES string of the molecule is CC(=O)C1(O)Cc2c(O)c3c(c(O)c2C(O[C@H]2C[C@@H]4N=CC(C)OC(CC(C)O)O[C@@H]4[C@H](C)O2)C1)C(=O)c1c(O)cccc1C3=O. The van der Waals surface area contributed by atoms with Crippen LogP contribution in [0, 0.1) is 0 Å². The number of carbonyl (C=O) groups excluding carboxylic acids is 3. The first kappa shape index (κ1) is 32.2. The Morgan fingerprint density at radius 2 is 1.78 bits per heavy atom. The van der Waals surface area contributed by atoms with Gasteiger partial charge in [-0.15, -0.1) is 0 Å². The molecule has 0 saturated carbocycles. The van der Waals surface area contributed by atoms with E-state index in [1.807, 2.05) is 0 Å². The predicted octanol–water partition coefficient (Wildman–Crippen LogP) is 2.38. The number of aliphatic imine (C=N–C) groups is 1. The molecule has 1 saturated heterocycles. The van der Waals surface area contributed by atoms with Crippen molar-refractivity contribution in [2.45, 2.75) is 108 Å². The minimum atomic E-state index is -2.04. The molecule has 0 aromatic heterocycles. The maximum absolute atomic E-state index is 13.6. The molecule has 13 heteroatoms. The van der Waals surface area contributed by atoms with E-state index in [0.717, 1.165) is 0 Å². The molecule has 2 aliphatic carbocycles. The van der Waals surface area contributed by atoms with Gasteiger partial charge in [0.1, 0.15) is 29.0 Å². The van der Waals surface area contributed by atoms with Gasteiger partial charge in [-0.1, -0.05) is 12.1 Å². The van der Waals surface area contributed by atoms with Crippen LogP contribution in [0.4, 0.5) is 0 Å². The average molecular weight is 640 g/mol. The van der Waals surface area contributed by atoms with Crippen LogP contribution < -0.4 is 0 Å². The van der Waals surface area contributed by atoms with E-state index in [4.69, 9.17) is 18.9 Å². The summed E-state index contributed by atoms with van der Waals surface area (Å²) in [6.07, 6.45) is -4.04. The van der Waals surface area contributed by atoms with Gasteiger partial charge in [0, 0.05) is 48.6 Å². The lowest BCUT2D eigenvalue weighted by Crippen LogP contribution is -2.52. The summed E-state index contributed by atoms with van der Waals surface area (Å²) in [6, 6.07) is 3.46. The van der Waals surface area contributed by atoms with E-state index in [-0.39, 0.29) is 41.5 Å². The molecule has 6 rings (SSSR count). The van der Waals surface area contributed by atoms with E-state index < -0.39 is 107 Å². The number of phenolic OH excluding ortho intramolecular Hbond substituents is 3. The van der Waals surface area contributed by atoms with Crippen LogP contribution in [0.5, 0.6) is 17.2 Å². The summed E-state index contributed by atoms with van der Waals surface area (Å²) in [4.78, 5) is 44.5. The number of hydrogen-bond donors (Lipinski definition) is 5. The fourth-order valence-corrected chi connectivity index (χ4v) is 6.88. The number of rotatable bonds is 5. The molecule has 1 fully saturated rings. The molecule has 5 N–H and O–H groups in total. The molecule has 13 nitrogen and oxygen atoms in total. The van der Waals surface area contributed by atoms with Crippen molar-refractivity contribution < 1.29 is 58.9 Å². The maximum Gasteiger partial charge on any atom is 0.202 e. The van der Waals surface area contributed by atoms with Crippen LogP contribution in [0.3, 0.4) is 0 Å². The van der Waals surface area contributed by atoms with Gasteiger partial charge in [0.05, 0.1) is 47.1 Å². The van der Waals surface area contributed by atoms with Crippen molar-refractivity contribution in [3.8, 4) is 17.2 Å². The van der Waals surface area contributed by atoms with Crippen molar-refractivity contribution >= 4 is 23.6 Å². The van der Waals surface area contributed by atoms with Crippen molar-refractivity contribution in [2.24, 2.45) is 4.99 Å². The molecule has 2 heterocycles. The second-order valence-electron chi connectivity index (χ2n) is 12.6. The Labute approximate surface area is 264 Å². The Kier molecular flexibility index (Phi) is 8.28. The molecule has 0 bridgehead atoms. The Morgan fingerprint density at radius 3 is 2.48 bits per heavy atom. The average Bonchev–Trinajstić information content (AvgIpc) is 2.96. The minimum Gasteiger partial charge on any atom is -0.507 e.